The molecule has 2 N–H and O–H groups in total. The third-order valence-corrected chi connectivity index (χ3v) is 4.34. The molecule has 2 aromatic rings. The molecule has 1 atom stereocenters. The van der Waals surface area contributed by atoms with E-state index in [-0.39, 0.29) is 4.90 Å². The smallest absolute Gasteiger partial charge is 0.261 e. The Morgan fingerprint density at radius 1 is 1.10 bits per heavy atom. The Morgan fingerprint density at radius 3 is 2.14 bits per heavy atom. The standard InChI is InChI=1S/C15H14N2O3S/c1-11(18)13-4-8-15(9-5-13)21(19,20)17-14-6-2-12(10-16)3-7-14/h2-9,11,17-18H,1H3. The molecule has 0 aliphatic carbocycles. The second-order valence-electron chi connectivity index (χ2n) is 4.54. The fourth-order valence-electron chi connectivity index (χ4n) is 1.75. The van der Waals surface area contributed by atoms with Gasteiger partial charge >= 0.3 is 0 Å². The Hall–Kier alpha value is -2.36. The molecule has 0 amide bonds. The molecule has 0 aromatic heterocycles. The number of benzene rings is 2. The van der Waals surface area contributed by atoms with Crippen molar-refractivity contribution in [3.63, 3.8) is 0 Å². The summed E-state index contributed by atoms with van der Waals surface area (Å²) in [5.74, 6) is 0. The van der Waals surface area contributed by atoms with E-state index in [0.717, 1.165) is 0 Å². The molecular weight excluding hydrogens is 288 g/mol. The van der Waals surface area contributed by atoms with Gasteiger partial charge in [0.05, 0.1) is 22.6 Å². The first-order valence-electron chi connectivity index (χ1n) is 6.23. The summed E-state index contributed by atoms with van der Waals surface area (Å²) in [7, 11) is -3.69. The van der Waals surface area contributed by atoms with E-state index in [4.69, 9.17) is 5.26 Å². The van der Waals surface area contributed by atoms with Gasteiger partial charge in [0.2, 0.25) is 0 Å². The van der Waals surface area contributed by atoms with Crippen molar-refractivity contribution in [2.75, 3.05) is 4.72 Å². The predicted octanol–water partition coefficient (Wildman–Crippen LogP) is 2.41. The summed E-state index contributed by atoms with van der Waals surface area (Å²) in [6, 6.07) is 14.1. The third-order valence-electron chi connectivity index (χ3n) is 2.94. The summed E-state index contributed by atoms with van der Waals surface area (Å²) in [6.07, 6.45) is -0.645. The van der Waals surface area contributed by atoms with Crippen LogP contribution < -0.4 is 4.72 Å². The van der Waals surface area contributed by atoms with Crippen molar-refractivity contribution in [1.29, 1.82) is 5.26 Å². The van der Waals surface area contributed by atoms with Crippen molar-refractivity contribution >= 4 is 15.7 Å². The normalized spacial score (nSPS) is 12.4. The highest BCUT2D eigenvalue weighted by Crippen LogP contribution is 2.19. The first-order valence-corrected chi connectivity index (χ1v) is 7.72. The highest BCUT2D eigenvalue weighted by Gasteiger charge is 2.14. The molecule has 2 rings (SSSR count). The Balaban J connectivity index is 2.23. The van der Waals surface area contributed by atoms with Gasteiger partial charge in [-0.05, 0) is 48.9 Å². The van der Waals surface area contributed by atoms with Crippen LogP contribution in [-0.4, -0.2) is 13.5 Å². The number of nitriles is 1. The summed E-state index contributed by atoms with van der Waals surface area (Å²) >= 11 is 0. The lowest BCUT2D eigenvalue weighted by Crippen LogP contribution is -2.13. The first kappa shape index (κ1) is 15.0. The van der Waals surface area contributed by atoms with Crippen LogP contribution >= 0.6 is 0 Å². The van der Waals surface area contributed by atoms with Gasteiger partial charge in [0.25, 0.3) is 10.0 Å². The lowest BCUT2D eigenvalue weighted by Gasteiger charge is -2.09. The Morgan fingerprint density at radius 2 is 1.67 bits per heavy atom. The van der Waals surface area contributed by atoms with Gasteiger partial charge < -0.3 is 5.11 Å². The molecule has 5 nitrogen and oxygen atoms in total. The summed E-state index contributed by atoms with van der Waals surface area (Å²) in [5.41, 5.74) is 1.49. The van der Waals surface area contributed by atoms with Gasteiger partial charge in [-0.15, -0.1) is 0 Å². The van der Waals surface area contributed by atoms with Gasteiger partial charge in [0, 0.05) is 5.69 Å². The summed E-state index contributed by atoms with van der Waals surface area (Å²) in [6.45, 7) is 1.61. The van der Waals surface area contributed by atoms with Crippen LogP contribution in [0.2, 0.25) is 0 Å². The molecule has 21 heavy (non-hydrogen) atoms. The fraction of sp³-hybridized carbons (Fsp3) is 0.133. The predicted molar refractivity (Wildman–Crippen MR) is 79.0 cm³/mol. The van der Waals surface area contributed by atoms with Crippen LogP contribution in [0.1, 0.15) is 24.2 Å². The molecule has 0 saturated heterocycles. The van der Waals surface area contributed by atoms with Gasteiger partial charge in [0.15, 0.2) is 0 Å². The highest BCUT2D eigenvalue weighted by atomic mass is 32.2. The number of aliphatic hydroxyl groups is 1. The fourth-order valence-corrected chi connectivity index (χ4v) is 2.81. The number of nitrogens with zero attached hydrogens (tertiary/aromatic N) is 1. The van der Waals surface area contributed by atoms with E-state index in [1.54, 1.807) is 19.1 Å². The molecule has 0 saturated carbocycles. The average molecular weight is 302 g/mol. The van der Waals surface area contributed by atoms with Crippen LogP contribution in [0.25, 0.3) is 0 Å². The van der Waals surface area contributed by atoms with Crippen LogP contribution in [0, 0.1) is 11.3 Å². The SMILES string of the molecule is CC(O)c1ccc(S(=O)(=O)Nc2ccc(C#N)cc2)cc1. The lowest BCUT2D eigenvalue weighted by atomic mass is 10.1. The maximum atomic E-state index is 12.2. The van der Waals surface area contributed by atoms with Crippen molar-refractivity contribution in [1.82, 2.24) is 0 Å². The zero-order valence-corrected chi connectivity index (χ0v) is 12.1. The Labute approximate surface area is 123 Å². The van der Waals surface area contributed by atoms with Crippen LogP contribution in [0.3, 0.4) is 0 Å². The van der Waals surface area contributed by atoms with Crippen LogP contribution in [0.5, 0.6) is 0 Å². The second-order valence-corrected chi connectivity index (χ2v) is 6.22. The zero-order chi connectivity index (χ0) is 15.5. The second kappa shape index (κ2) is 5.95. The Bertz CT molecular complexity index is 758. The minimum Gasteiger partial charge on any atom is -0.389 e. The van der Waals surface area contributed by atoms with Gasteiger partial charge in [0.1, 0.15) is 0 Å². The summed E-state index contributed by atoms with van der Waals surface area (Å²) < 4.78 is 26.8. The molecule has 0 spiro atoms. The van der Waals surface area contributed by atoms with Gasteiger partial charge in [-0.1, -0.05) is 12.1 Å². The van der Waals surface area contributed by atoms with Crippen molar-refractivity contribution < 1.29 is 13.5 Å². The molecular formula is C15H14N2O3S. The van der Waals surface area contributed by atoms with Gasteiger partial charge in [-0.3, -0.25) is 4.72 Å². The monoisotopic (exact) mass is 302 g/mol. The maximum absolute atomic E-state index is 12.2. The number of rotatable bonds is 4. The van der Waals surface area contributed by atoms with Crippen LogP contribution in [0.4, 0.5) is 5.69 Å². The number of aliphatic hydroxyl groups excluding tert-OH is 1. The van der Waals surface area contributed by atoms with Crippen molar-refractivity contribution in [2.45, 2.75) is 17.9 Å². The van der Waals surface area contributed by atoms with Crippen molar-refractivity contribution in [2.24, 2.45) is 0 Å². The van der Waals surface area contributed by atoms with Gasteiger partial charge in [-0.2, -0.15) is 5.26 Å². The highest BCUT2D eigenvalue weighted by molar-refractivity contribution is 7.92. The topological polar surface area (TPSA) is 90.2 Å². The molecule has 2 aromatic carbocycles. The van der Waals surface area contributed by atoms with E-state index in [2.05, 4.69) is 4.72 Å². The number of nitrogens with one attached hydrogen (secondary N) is 1. The summed E-state index contributed by atoms with van der Waals surface area (Å²) in [5, 5.41) is 18.1. The molecule has 0 aliphatic rings. The number of hydrogen-bond donors (Lipinski definition) is 2. The van der Waals surface area contributed by atoms with Crippen molar-refractivity contribution in [3.05, 3.63) is 59.7 Å². The third kappa shape index (κ3) is 3.60. The number of sulfonamides is 1. The first-order chi connectivity index (χ1) is 9.92. The van der Waals surface area contributed by atoms with Crippen molar-refractivity contribution in [3.8, 4) is 6.07 Å². The number of anilines is 1. The van der Waals surface area contributed by atoms with E-state index in [0.29, 0.717) is 16.8 Å². The largest absolute Gasteiger partial charge is 0.389 e. The maximum Gasteiger partial charge on any atom is 0.261 e. The quantitative estimate of drug-likeness (QED) is 0.907. The molecule has 6 heteroatoms. The molecule has 1 unspecified atom stereocenters. The van der Waals surface area contributed by atoms with E-state index in [9.17, 15) is 13.5 Å². The molecule has 108 valence electrons. The Kier molecular flexibility index (Phi) is 4.26. The van der Waals surface area contributed by atoms with Gasteiger partial charge in [-0.25, -0.2) is 8.42 Å². The molecule has 0 radical (unpaired) electrons. The molecule has 0 fully saturated rings. The summed E-state index contributed by atoms with van der Waals surface area (Å²) in [4.78, 5) is 0.108. The molecule has 0 heterocycles. The minimum atomic E-state index is -3.69. The van der Waals surface area contributed by atoms with Crippen LogP contribution in [0.15, 0.2) is 53.4 Å². The zero-order valence-electron chi connectivity index (χ0n) is 11.3. The molecule has 0 aliphatic heterocycles. The van der Waals surface area contributed by atoms with Crippen LogP contribution in [-0.2, 0) is 10.0 Å². The average Bonchev–Trinajstić information content (AvgIpc) is 2.48. The van der Waals surface area contributed by atoms with E-state index < -0.39 is 16.1 Å². The minimum absolute atomic E-state index is 0.108. The van der Waals surface area contributed by atoms with E-state index >= 15 is 0 Å². The van der Waals surface area contributed by atoms with E-state index in [1.807, 2.05) is 6.07 Å². The molecule has 0 bridgehead atoms. The lowest BCUT2D eigenvalue weighted by molar-refractivity contribution is 0.199. The van der Waals surface area contributed by atoms with E-state index in [1.165, 1.54) is 36.4 Å². The number of hydrogen-bond acceptors (Lipinski definition) is 4.